The molecule has 0 rings (SSSR count). The maximum absolute atomic E-state index is 12.8. The lowest BCUT2D eigenvalue weighted by molar-refractivity contribution is -0.143. The average Bonchev–Trinajstić information content (AvgIpc) is 2.67. The first-order valence-electron chi connectivity index (χ1n) is 10.6. The Morgan fingerprint density at radius 1 is 0.788 bits per heavy atom. The Labute approximate surface area is 192 Å². The summed E-state index contributed by atoms with van der Waals surface area (Å²) in [6, 6.07) is -4.91. The predicted molar refractivity (Wildman–Crippen MR) is 118 cm³/mol. The van der Waals surface area contributed by atoms with Crippen LogP contribution in [0.2, 0.25) is 0 Å². The molecule has 4 unspecified atom stereocenters. The minimum Gasteiger partial charge on any atom is -0.480 e. The van der Waals surface area contributed by atoms with Gasteiger partial charge in [0, 0.05) is 6.42 Å². The minimum absolute atomic E-state index is 0.0211. The summed E-state index contributed by atoms with van der Waals surface area (Å²) in [5, 5.41) is 16.4. The number of nitrogens with one attached hydrogen (secondary N) is 3. The molecule has 13 heteroatoms. The van der Waals surface area contributed by atoms with Gasteiger partial charge in [0.15, 0.2) is 0 Å². The predicted octanol–water partition coefficient (Wildman–Crippen LogP) is -2.30. The molecule has 0 spiro atoms. The Morgan fingerprint density at radius 3 is 1.76 bits per heavy atom. The molecule has 0 bridgehead atoms. The SMILES string of the molecule is CC(C)CC(NC(=O)C(CC(N)=O)NC(=O)C(NC(=O)C(N)CCC(N)=O)C(C)C)C(=O)O. The number of nitrogens with two attached hydrogens (primary N) is 3. The van der Waals surface area contributed by atoms with Crippen molar-refractivity contribution in [3.8, 4) is 0 Å². The smallest absolute Gasteiger partial charge is 0.326 e. The highest BCUT2D eigenvalue weighted by molar-refractivity contribution is 5.96. The van der Waals surface area contributed by atoms with Crippen molar-refractivity contribution < 1.29 is 33.9 Å². The van der Waals surface area contributed by atoms with Gasteiger partial charge in [-0.15, -0.1) is 0 Å². The number of aliphatic carboxylic acids is 1. The van der Waals surface area contributed by atoms with Gasteiger partial charge >= 0.3 is 5.97 Å². The standard InChI is InChI=1S/C20H36N6O7/c1-9(2)7-13(20(32)33)25-18(30)12(8-15(23)28)24-19(31)16(10(3)4)26-17(29)11(21)5-6-14(22)27/h9-13,16H,5-8,21H2,1-4H3,(H2,22,27)(H2,23,28)(H,24,31)(H,25,30)(H,26,29)(H,32,33). The van der Waals surface area contributed by atoms with Crippen molar-refractivity contribution in [3.63, 3.8) is 0 Å². The molecular formula is C20H36N6O7. The van der Waals surface area contributed by atoms with Gasteiger partial charge in [-0.1, -0.05) is 27.7 Å². The van der Waals surface area contributed by atoms with Gasteiger partial charge in [-0.25, -0.2) is 4.79 Å². The maximum Gasteiger partial charge on any atom is 0.326 e. The van der Waals surface area contributed by atoms with Crippen LogP contribution in [-0.4, -0.2) is 64.8 Å². The number of hydrogen-bond donors (Lipinski definition) is 7. The number of carbonyl (C=O) groups is 6. The summed E-state index contributed by atoms with van der Waals surface area (Å²) in [5.74, 6) is -5.68. The van der Waals surface area contributed by atoms with Gasteiger partial charge < -0.3 is 38.3 Å². The van der Waals surface area contributed by atoms with Crippen molar-refractivity contribution in [1.82, 2.24) is 16.0 Å². The molecule has 0 saturated heterocycles. The van der Waals surface area contributed by atoms with Crippen LogP contribution in [0.1, 0.15) is 53.4 Å². The van der Waals surface area contributed by atoms with Crippen molar-refractivity contribution in [2.45, 2.75) is 77.5 Å². The largest absolute Gasteiger partial charge is 0.480 e. The zero-order chi connectivity index (χ0) is 25.9. The van der Waals surface area contributed by atoms with Gasteiger partial charge in [-0.2, -0.15) is 0 Å². The van der Waals surface area contributed by atoms with Crippen LogP contribution < -0.4 is 33.2 Å². The third kappa shape index (κ3) is 11.8. The Kier molecular flexibility index (Phi) is 12.7. The summed E-state index contributed by atoms with van der Waals surface area (Å²) >= 11 is 0. The van der Waals surface area contributed by atoms with Crippen LogP contribution in [0, 0.1) is 11.8 Å². The van der Waals surface area contributed by atoms with Crippen LogP contribution in [0.25, 0.3) is 0 Å². The number of hydrogen-bond acceptors (Lipinski definition) is 7. The molecule has 5 amide bonds. The van der Waals surface area contributed by atoms with E-state index in [9.17, 15) is 33.9 Å². The summed E-state index contributed by atoms with van der Waals surface area (Å²) in [5.41, 5.74) is 15.9. The third-order valence-electron chi connectivity index (χ3n) is 4.65. The lowest BCUT2D eigenvalue weighted by Crippen LogP contribution is -2.59. The molecule has 0 aliphatic rings. The fraction of sp³-hybridized carbons (Fsp3) is 0.700. The van der Waals surface area contributed by atoms with E-state index in [0.717, 1.165) is 0 Å². The van der Waals surface area contributed by atoms with Gasteiger partial charge in [-0.05, 0) is 24.7 Å². The summed E-state index contributed by atoms with van der Waals surface area (Å²) in [7, 11) is 0. The van der Waals surface area contributed by atoms with Crippen molar-refractivity contribution in [2.75, 3.05) is 0 Å². The maximum atomic E-state index is 12.8. The fourth-order valence-electron chi connectivity index (χ4n) is 2.86. The summed E-state index contributed by atoms with van der Waals surface area (Å²) in [6.07, 6.45) is -0.587. The highest BCUT2D eigenvalue weighted by atomic mass is 16.4. The van der Waals surface area contributed by atoms with Gasteiger partial charge in [0.2, 0.25) is 29.5 Å². The summed E-state index contributed by atoms with van der Waals surface area (Å²) in [4.78, 5) is 71.5. The first-order valence-corrected chi connectivity index (χ1v) is 10.6. The number of carbonyl (C=O) groups excluding carboxylic acids is 5. The highest BCUT2D eigenvalue weighted by Crippen LogP contribution is 2.08. The molecule has 0 aliphatic heterocycles. The van der Waals surface area contributed by atoms with Crippen molar-refractivity contribution >= 4 is 35.5 Å². The Hall–Kier alpha value is -3.22. The van der Waals surface area contributed by atoms with Crippen molar-refractivity contribution in [2.24, 2.45) is 29.0 Å². The van der Waals surface area contributed by atoms with E-state index in [0.29, 0.717) is 0 Å². The zero-order valence-corrected chi connectivity index (χ0v) is 19.4. The third-order valence-corrected chi connectivity index (χ3v) is 4.65. The summed E-state index contributed by atoms with van der Waals surface area (Å²) < 4.78 is 0. The van der Waals surface area contributed by atoms with E-state index in [1.54, 1.807) is 27.7 Å². The summed E-state index contributed by atoms with van der Waals surface area (Å²) in [6.45, 7) is 6.81. The first kappa shape index (κ1) is 29.8. The second-order valence-electron chi connectivity index (χ2n) is 8.60. The van der Waals surface area contributed by atoms with Gasteiger partial charge in [0.1, 0.15) is 18.1 Å². The number of primary amides is 2. The molecule has 188 valence electrons. The average molecular weight is 473 g/mol. The van der Waals surface area contributed by atoms with Gasteiger partial charge in [-0.3, -0.25) is 24.0 Å². The molecule has 4 atom stereocenters. The van der Waals surface area contributed by atoms with E-state index in [-0.39, 0.29) is 25.2 Å². The van der Waals surface area contributed by atoms with Crippen molar-refractivity contribution in [3.05, 3.63) is 0 Å². The minimum atomic E-state index is -1.45. The van der Waals surface area contributed by atoms with E-state index < -0.39 is 72.0 Å². The topological polar surface area (TPSA) is 237 Å². The molecule has 33 heavy (non-hydrogen) atoms. The van der Waals surface area contributed by atoms with Crippen LogP contribution in [0.15, 0.2) is 0 Å². The number of carboxylic acids is 1. The second kappa shape index (κ2) is 14.0. The second-order valence-corrected chi connectivity index (χ2v) is 8.60. The molecule has 0 aliphatic carbocycles. The lowest BCUT2D eigenvalue weighted by atomic mass is 10.0. The van der Waals surface area contributed by atoms with Crippen LogP contribution in [0.3, 0.4) is 0 Å². The van der Waals surface area contributed by atoms with Crippen LogP contribution in [0.5, 0.6) is 0 Å². The van der Waals surface area contributed by atoms with Gasteiger partial charge in [0.25, 0.3) is 0 Å². The van der Waals surface area contributed by atoms with Crippen molar-refractivity contribution in [1.29, 1.82) is 0 Å². The van der Waals surface area contributed by atoms with E-state index in [2.05, 4.69) is 16.0 Å². The Morgan fingerprint density at radius 2 is 1.33 bits per heavy atom. The Balaban J connectivity index is 5.42. The molecule has 0 heterocycles. The van der Waals surface area contributed by atoms with E-state index in [4.69, 9.17) is 17.2 Å². The molecule has 10 N–H and O–H groups in total. The van der Waals surface area contributed by atoms with Crippen LogP contribution in [-0.2, 0) is 28.8 Å². The number of amides is 5. The number of carboxylic acid groups (broad SMARTS) is 1. The molecule has 13 nitrogen and oxygen atoms in total. The molecule has 0 saturated carbocycles. The van der Waals surface area contributed by atoms with Crippen LogP contribution in [0.4, 0.5) is 0 Å². The normalized spacial score (nSPS) is 14.6. The van der Waals surface area contributed by atoms with Gasteiger partial charge in [0.05, 0.1) is 12.5 Å². The molecule has 0 fully saturated rings. The quantitative estimate of drug-likeness (QED) is 0.136. The molecule has 0 aromatic rings. The molecule has 0 radical (unpaired) electrons. The highest BCUT2D eigenvalue weighted by Gasteiger charge is 2.32. The molecule has 0 aromatic carbocycles. The van der Waals surface area contributed by atoms with E-state index in [1.807, 2.05) is 0 Å². The molecule has 0 aromatic heterocycles. The van der Waals surface area contributed by atoms with Crippen LogP contribution >= 0.6 is 0 Å². The molecular weight excluding hydrogens is 436 g/mol. The van der Waals surface area contributed by atoms with E-state index >= 15 is 0 Å². The first-order chi connectivity index (χ1) is 15.1. The lowest BCUT2D eigenvalue weighted by Gasteiger charge is -2.26. The van der Waals surface area contributed by atoms with E-state index in [1.165, 1.54) is 0 Å². The monoisotopic (exact) mass is 472 g/mol. The Bertz CT molecular complexity index is 740. The fourth-order valence-corrected chi connectivity index (χ4v) is 2.86. The zero-order valence-electron chi connectivity index (χ0n) is 19.4. The number of rotatable bonds is 15.